The highest BCUT2D eigenvalue weighted by Gasteiger charge is 2.10. The number of carbonyl (C=O) groups is 1. The van der Waals surface area contributed by atoms with Crippen LogP contribution in [0.3, 0.4) is 0 Å². The minimum absolute atomic E-state index is 0.133. The molecule has 0 aliphatic rings. The van der Waals surface area contributed by atoms with E-state index in [1.165, 1.54) is 6.07 Å². The Bertz CT molecular complexity index is 418. The molecule has 0 unspecified atom stereocenters. The largest absolute Gasteiger partial charge is 0.298 e. The second-order valence-electron chi connectivity index (χ2n) is 3.87. The van der Waals surface area contributed by atoms with Crippen molar-refractivity contribution in [2.24, 2.45) is 5.92 Å². The first kappa shape index (κ1) is 11.4. The number of hydrogen-bond donors (Lipinski definition) is 0. The molecular formula is C12H12FNO. The summed E-state index contributed by atoms with van der Waals surface area (Å²) in [7, 11) is 0. The Kier molecular flexibility index (Phi) is 3.56. The third kappa shape index (κ3) is 2.63. The molecule has 1 aromatic rings. The minimum atomic E-state index is -0.613. The van der Waals surface area contributed by atoms with E-state index in [0.717, 1.165) is 5.56 Å². The lowest BCUT2D eigenvalue weighted by Crippen LogP contribution is -2.00. The Balaban J connectivity index is 3.21. The number of carbonyl (C=O) groups excluding carboxylic acids is 1. The van der Waals surface area contributed by atoms with E-state index in [1.54, 1.807) is 12.1 Å². The van der Waals surface area contributed by atoms with Crippen LogP contribution < -0.4 is 0 Å². The Labute approximate surface area is 88.3 Å². The van der Waals surface area contributed by atoms with Crippen molar-refractivity contribution in [1.82, 2.24) is 0 Å². The molecule has 0 amide bonds. The maximum Gasteiger partial charge on any atom is 0.151 e. The van der Waals surface area contributed by atoms with Gasteiger partial charge >= 0.3 is 0 Å². The normalized spacial score (nSPS) is 10.1. The van der Waals surface area contributed by atoms with Crippen molar-refractivity contribution in [2.45, 2.75) is 20.3 Å². The molecule has 0 saturated carbocycles. The van der Waals surface area contributed by atoms with Crippen LogP contribution in [-0.2, 0) is 6.42 Å². The predicted octanol–water partition coefficient (Wildman–Crippen LogP) is 2.71. The lowest BCUT2D eigenvalue weighted by atomic mass is 9.98. The second kappa shape index (κ2) is 4.70. The van der Waals surface area contributed by atoms with Crippen molar-refractivity contribution < 1.29 is 9.18 Å². The van der Waals surface area contributed by atoms with E-state index in [1.807, 2.05) is 13.8 Å². The van der Waals surface area contributed by atoms with Crippen molar-refractivity contribution >= 4 is 6.29 Å². The Morgan fingerprint density at radius 2 is 2.20 bits per heavy atom. The fourth-order valence-electron chi connectivity index (χ4n) is 1.49. The number of nitrogens with zero attached hydrogens (tertiary/aromatic N) is 1. The number of hydrogen-bond acceptors (Lipinski definition) is 2. The summed E-state index contributed by atoms with van der Waals surface area (Å²) in [5.74, 6) is -0.227. The molecule has 0 aliphatic carbocycles. The van der Waals surface area contributed by atoms with Gasteiger partial charge in [-0.25, -0.2) is 4.39 Å². The van der Waals surface area contributed by atoms with Gasteiger partial charge < -0.3 is 0 Å². The standard InChI is InChI=1S/C12H12FNO/c1-8(2)3-9-4-10(7-15)11(6-14)12(13)5-9/h4-5,7-8H,3H2,1-2H3. The zero-order valence-electron chi connectivity index (χ0n) is 8.75. The molecule has 0 spiro atoms. The fourth-order valence-corrected chi connectivity index (χ4v) is 1.49. The molecule has 15 heavy (non-hydrogen) atoms. The van der Waals surface area contributed by atoms with E-state index in [9.17, 15) is 9.18 Å². The summed E-state index contributed by atoms with van der Waals surface area (Å²) >= 11 is 0. The van der Waals surface area contributed by atoms with Crippen LogP contribution in [0.1, 0.15) is 35.3 Å². The van der Waals surface area contributed by atoms with E-state index in [4.69, 9.17) is 5.26 Å². The van der Waals surface area contributed by atoms with Crippen LogP contribution in [-0.4, -0.2) is 6.29 Å². The topological polar surface area (TPSA) is 40.9 Å². The number of aldehydes is 1. The molecule has 2 nitrogen and oxygen atoms in total. The Morgan fingerprint density at radius 1 is 1.53 bits per heavy atom. The zero-order valence-corrected chi connectivity index (χ0v) is 8.75. The first-order valence-electron chi connectivity index (χ1n) is 4.76. The van der Waals surface area contributed by atoms with Gasteiger partial charge in [0.05, 0.1) is 5.56 Å². The van der Waals surface area contributed by atoms with Gasteiger partial charge in [-0.2, -0.15) is 5.26 Å². The minimum Gasteiger partial charge on any atom is -0.298 e. The van der Waals surface area contributed by atoms with Crippen molar-refractivity contribution in [3.8, 4) is 6.07 Å². The van der Waals surface area contributed by atoms with E-state index < -0.39 is 5.82 Å². The number of halogens is 1. The molecular weight excluding hydrogens is 193 g/mol. The molecule has 0 atom stereocenters. The molecule has 0 bridgehead atoms. The number of rotatable bonds is 3. The van der Waals surface area contributed by atoms with Gasteiger partial charge in [-0.05, 0) is 30.0 Å². The number of benzene rings is 1. The van der Waals surface area contributed by atoms with Crippen LogP contribution in [0.25, 0.3) is 0 Å². The molecule has 1 rings (SSSR count). The molecule has 78 valence electrons. The zero-order chi connectivity index (χ0) is 11.4. The second-order valence-corrected chi connectivity index (χ2v) is 3.87. The summed E-state index contributed by atoms with van der Waals surface area (Å²) in [6.07, 6.45) is 1.22. The lowest BCUT2D eigenvalue weighted by Gasteiger charge is -2.07. The summed E-state index contributed by atoms with van der Waals surface area (Å²) in [4.78, 5) is 10.7. The summed E-state index contributed by atoms with van der Waals surface area (Å²) in [5, 5.41) is 8.65. The third-order valence-corrected chi connectivity index (χ3v) is 2.06. The monoisotopic (exact) mass is 205 g/mol. The van der Waals surface area contributed by atoms with Crippen LogP contribution in [0.15, 0.2) is 12.1 Å². The maximum atomic E-state index is 13.4. The highest BCUT2D eigenvalue weighted by molar-refractivity contribution is 5.79. The molecule has 0 heterocycles. The summed E-state index contributed by atoms with van der Waals surface area (Å²) in [6.45, 7) is 4.02. The first-order chi connectivity index (χ1) is 7.08. The van der Waals surface area contributed by atoms with Crippen molar-refractivity contribution in [2.75, 3.05) is 0 Å². The smallest absolute Gasteiger partial charge is 0.151 e. The highest BCUT2D eigenvalue weighted by Crippen LogP contribution is 2.17. The van der Waals surface area contributed by atoms with Crippen LogP contribution in [0.2, 0.25) is 0 Å². The van der Waals surface area contributed by atoms with Gasteiger partial charge in [0, 0.05) is 5.56 Å². The van der Waals surface area contributed by atoms with Gasteiger partial charge in [0.1, 0.15) is 11.9 Å². The average molecular weight is 205 g/mol. The molecule has 0 saturated heterocycles. The molecule has 3 heteroatoms. The van der Waals surface area contributed by atoms with Crippen molar-refractivity contribution in [3.05, 3.63) is 34.6 Å². The van der Waals surface area contributed by atoms with Crippen LogP contribution in [0, 0.1) is 23.1 Å². The van der Waals surface area contributed by atoms with Gasteiger partial charge in [-0.3, -0.25) is 4.79 Å². The quantitative estimate of drug-likeness (QED) is 0.712. The van der Waals surface area contributed by atoms with Gasteiger partial charge in [-0.1, -0.05) is 13.8 Å². The van der Waals surface area contributed by atoms with E-state index in [-0.39, 0.29) is 11.1 Å². The van der Waals surface area contributed by atoms with Crippen molar-refractivity contribution in [1.29, 1.82) is 5.26 Å². The van der Waals surface area contributed by atoms with E-state index >= 15 is 0 Å². The SMILES string of the molecule is CC(C)Cc1cc(F)c(C#N)c(C=O)c1. The van der Waals surface area contributed by atoms with Crippen LogP contribution >= 0.6 is 0 Å². The third-order valence-electron chi connectivity index (χ3n) is 2.06. The fraction of sp³-hybridized carbons (Fsp3) is 0.333. The van der Waals surface area contributed by atoms with Gasteiger partial charge in [0.2, 0.25) is 0 Å². The summed E-state index contributed by atoms with van der Waals surface area (Å²) in [6, 6.07) is 4.59. The molecule has 0 fully saturated rings. The summed E-state index contributed by atoms with van der Waals surface area (Å²) < 4.78 is 13.4. The highest BCUT2D eigenvalue weighted by atomic mass is 19.1. The molecule has 0 radical (unpaired) electrons. The van der Waals surface area contributed by atoms with Gasteiger partial charge in [0.25, 0.3) is 0 Å². The Morgan fingerprint density at radius 3 is 2.67 bits per heavy atom. The first-order valence-corrected chi connectivity index (χ1v) is 4.76. The number of nitriles is 1. The molecule has 0 aliphatic heterocycles. The van der Waals surface area contributed by atoms with Crippen molar-refractivity contribution in [3.63, 3.8) is 0 Å². The summed E-state index contributed by atoms with van der Waals surface area (Å²) in [5.41, 5.74) is 0.717. The maximum absolute atomic E-state index is 13.4. The van der Waals surface area contributed by atoms with Crippen LogP contribution in [0.4, 0.5) is 4.39 Å². The van der Waals surface area contributed by atoms with Gasteiger partial charge in [-0.15, -0.1) is 0 Å². The van der Waals surface area contributed by atoms with E-state index in [0.29, 0.717) is 18.6 Å². The predicted molar refractivity (Wildman–Crippen MR) is 55.0 cm³/mol. The average Bonchev–Trinajstić information content (AvgIpc) is 2.15. The lowest BCUT2D eigenvalue weighted by molar-refractivity contribution is 0.112. The van der Waals surface area contributed by atoms with Crippen LogP contribution in [0.5, 0.6) is 0 Å². The molecule has 0 N–H and O–H groups in total. The molecule has 0 aromatic heterocycles. The Hall–Kier alpha value is -1.69. The van der Waals surface area contributed by atoms with E-state index in [2.05, 4.69) is 0 Å². The van der Waals surface area contributed by atoms with Gasteiger partial charge in [0.15, 0.2) is 6.29 Å². The molecule has 1 aromatic carbocycles.